The minimum Gasteiger partial charge on any atom is -0.382 e. The van der Waals surface area contributed by atoms with E-state index in [1.54, 1.807) is 13.0 Å². The first-order chi connectivity index (χ1) is 12.2. The van der Waals surface area contributed by atoms with Crippen LogP contribution in [0, 0.1) is 17.2 Å². The largest absolute Gasteiger partial charge is 0.382 e. The second-order valence-corrected chi connectivity index (χ2v) is 9.69. The van der Waals surface area contributed by atoms with Crippen molar-refractivity contribution in [3.05, 3.63) is 46.8 Å². The summed E-state index contributed by atoms with van der Waals surface area (Å²) in [4.78, 5) is 1.62. The first-order valence-electron chi connectivity index (χ1n) is 8.16. The van der Waals surface area contributed by atoms with Crippen LogP contribution in [0.1, 0.15) is 23.8 Å². The molecule has 0 aliphatic carbocycles. The van der Waals surface area contributed by atoms with Gasteiger partial charge in [-0.2, -0.15) is 5.26 Å². The molecule has 2 heterocycles. The number of hydrogen-bond donors (Lipinski definition) is 2. The number of nitrogens with zero attached hydrogens (tertiary/aromatic N) is 1. The van der Waals surface area contributed by atoms with Crippen molar-refractivity contribution < 1.29 is 18.3 Å². The summed E-state index contributed by atoms with van der Waals surface area (Å²) in [5, 5.41) is 24.5. The van der Waals surface area contributed by atoms with Crippen LogP contribution in [0.5, 0.6) is 0 Å². The molecule has 0 amide bonds. The van der Waals surface area contributed by atoms with E-state index in [0.29, 0.717) is 10.4 Å². The molecule has 26 heavy (non-hydrogen) atoms. The average molecular weight is 393 g/mol. The van der Waals surface area contributed by atoms with Crippen LogP contribution in [0.2, 0.25) is 0 Å². The van der Waals surface area contributed by atoms with Crippen LogP contribution < -0.4 is 5.14 Å². The van der Waals surface area contributed by atoms with Gasteiger partial charge in [-0.1, -0.05) is 24.3 Å². The van der Waals surface area contributed by atoms with Crippen LogP contribution in [-0.4, -0.2) is 32.0 Å². The summed E-state index contributed by atoms with van der Waals surface area (Å²) >= 11 is 1.41. The molecule has 1 aliphatic heterocycles. The fourth-order valence-corrected chi connectivity index (χ4v) is 4.51. The summed E-state index contributed by atoms with van der Waals surface area (Å²) in [7, 11) is -3.66. The molecule has 1 aromatic heterocycles. The molecule has 2 aromatic rings. The molecule has 0 spiro atoms. The highest BCUT2D eigenvalue weighted by Crippen LogP contribution is 2.39. The van der Waals surface area contributed by atoms with Crippen LogP contribution in [-0.2, 0) is 20.4 Å². The molecule has 0 radical (unpaired) electrons. The molecule has 138 valence electrons. The van der Waals surface area contributed by atoms with Gasteiger partial charge in [-0.15, -0.1) is 11.3 Å². The Morgan fingerprint density at radius 2 is 2.08 bits per heavy atom. The molecule has 1 saturated heterocycles. The fraction of sp³-hybridized carbons (Fsp3) is 0.389. The maximum absolute atomic E-state index is 11.5. The Hall–Kier alpha value is -1.76. The number of aliphatic hydroxyl groups is 1. The quantitative estimate of drug-likeness (QED) is 0.810. The van der Waals surface area contributed by atoms with Gasteiger partial charge in [0.2, 0.25) is 10.0 Å². The van der Waals surface area contributed by atoms with E-state index in [-0.39, 0.29) is 25.6 Å². The van der Waals surface area contributed by atoms with Gasteiger partial charge in [-0.3, -0.25) is 0 Å². The third-order valence-corrected chi connectivity index (χ3v) is 7.23. The molecular formula is C18H20N2O4S2. The van der Waals surface area contributed by atoms with Crippen molar-refractivity contribution in [2.45, 2.75) is 24.2 Å². The fourth-order valence-electron chi connectivity index (χ4n) is 3.21. The predicted molar refractivity (Wildman–Crippen MR) is 99.9 cm³/mol. The van der Waals surface area contributed by atoms with Crippen LogP contribution in [0.3, 0.4) is 0 Å². The number of benzene rings is 1. The molecule has 1 aliphatic rings. The van der Waals surface area contributed by atoms with Gasteiger partial charge in [-0.05, 0) is 36.6 Å². The zero-order valence-corrected chi connectivity index (χ0v) is 15.9. The number of primary sulfonamides is 1. The number of hydrogen-bond acceptors (Lipinski definition) is 6. The minimum absolute atomic E-state index is 0.117. The molecular weight excluding hydrogens is 372 g/mol. The lowest BCUT2D eigenvalue weighted by molar-refractivity contribution is -0.00577. The number of sulfonamides is 1. The van der Waals surface area contributed by atoms with Gasteiger partial charge in [0.15, 0.2) is 0 Å². The minimum atomic E-state index is -3.66. The van der Waals surface area contributed by atoms with Crippen molar-refractivity contribution >= 4 is 21.4 Å². The number of nitrogens with two attached hydrogens (primary N) is 1. The van der Waals surface area contributed by atoms with Gasteiger partial charge < -0.3 is 9.84 Å². The van der Waals surface area contributed by atoms with E-state index >= 15 is 0 Å². The van der Waals surface area contributed by atoms with Gasteiger partial charge in [0.05, 0.1) is 18.5 Å². The van der Waals surface area contributed by atoms with Crippen molar-refractivity contribution in [1.29, 1.82) is 5.26 Å². The molecule has 0 saturated carbocycles. The van der Waals surface area contributed by atoms with Gasteiger partial charge >= 0.3 is 0 Å². The summed E-state index contributed by atoms with van der Waals surface area (Å²) < 4.78 is 28.5. The molecule has 3 unspecified atom stereocenters. The summed E-state index contributed by atoms with van der Waals surface area (Å²) in [5.74, 6) is -0.353. The summed E-state index contributed by atoms with van der Waals surface area (Å²) in [5.41, 5.74) is 0.393. The topological polar surface area (TPSA) is 113 Å². The molecule has 1 fully saturated rings. The lowest BCUT2D eigenvalue weighted by Gasteiger charge is -2.30. The Kier molecular flexibility index (Phi) is 5.19. The van der Waals surface area contributed by atoms with E-state index in [4.69, 9.17) is 15.1 Å². The van der Waals surface area contributed by atoms with Crippen molar-refractivity contribution in [3.63, 3.8) is 0 Å². The highest BCUT2D eigenvalue weighted by molar-refractivity contribution is 7.89. The Bertz CT molecular complexity index is 931. The van der Waals surface area contributed by atoms with Crippen molar-refractivity contribution in [2.75, 3.05) is 13.2 Å². The number of thiophene rings is 1. The first kappa shape index (κ1) is 19.0. The van der Waals surface area contributed by atoms with Crippen molar-refractivity contribution in [2.24, 2.45) is 11.1 Å². The SMILES string of the molecule is CC(CC1COCC1(O)c1ccc(-c2ccc(C#N)s2)cc1)S(N)(=O)=O. The number of ether oxygens (including phenoxy) is 1. The third kappa shape index (κ3) is 3.68. The summed E-state index contributed by atoms with van der Waals surface area (Å²) in [6, 6.07) is 13.2. The Labute approximate surface area is 156 Å². The lowest BCUT2D eigenvalue weighted by Crippen LogP contribution is -2.38. The predicted octanol–water partition coefficient (Wildman–Crippen LogP) is 2.19. The highest BCUT2D eigenvalue weighted by atomic mass is 32.2. The standard InChI is InChI=1S/C18H20N2O4S2/c1-12(26(20,22)23)8-15-10-24-11-18(15,21)14-4-2-13(3-5-14)17-7-6-16(9-19)25-17/h2-7,12,15,21H,8,10-11H2,1H3,(H2,20,22,23). The molecule has 3 N–H and O–H groups in total. The van der Waals surface area contributed by atoms with Crippen LogP contribution in [0.4, 0.5) is 0 Å². The average Bonchev–Trinajstić information content (AvgIpc) is 3.22. The normalized spacial score (nSPS) is 24.3. The maximum Gasteiger partial charge on any atom is 0.211 e. The van der Waals surface area contributed by atoms with E-state index in [2.05, 4.69) is 6.07 Å². The summed E-state index contributed by atoms with van der Waals surface area (Å²) in [6.45, 7) is 1.95. The molecule has 8 heteroatoms. The van der Waals surface area contributed by atoms with Gasteiger partial charge in [0, 0.05) is 10.8 Å². The van der Waals surface area contributed by atoms with E-state index in [1.165, 1.54) is 11.3 Å². The number of nitriles is 1. The Morgan fingerprint density at radius 1 is 1.38 bits per heavy atom. The highest BCUT2D eigenvalue weighted by Gasteiger charge is 2.45. The van der Waals surface area contributed by atoms with E-state index in [0.717, 1.165) is 10.4 Å². The van der Waals surface area contributed by atoms with Gasteiger partial charge in [0.25, 0.3) is 0 Å². The maximum atomic E-state index is 11.5. The first-order valence-corrected chi connectivity index (χ1v) is 10.6. The zero-order chi connectivity index (χ0) is 18.9. The van der Waals surface area contributed by atoms with Gasteiger partial charge in [0.1, 0.15) is 16.5 Å². The van der Waals surface area contributed by atoms with Crippen LogP contribution in [0.25, 0.3) is 10.4 Å². The Morgan fingerprint density at radius 3 is 2.65 bits per heavy atom. The lowest BCUT2D eigenvalue weighted by atomic mass is 9.81. The molecule has 3 atom stereocenters. The third-order valence-electron chi connectivity index (χ3n) is 4.88. The van der Waals surface area contributed by atoms with Crippen molar-refractivity contribution in [1.82, 2.24) is 0 Å². The smallest absolute Gasteiger partial charge is 0.211 e. The summed E-state index contributed by atoms with van der Waals surface area (Å²) in [6.07, 6.45) is 0.230. The van der Waals surface area contributed by atoms with E-state index < -0.39 is 20.9 Å². The second kappa shape index (κ2) is 7.10. The van der Waals surface area contributed by atoms with Gasteiger partial charge in [-0.25, -0.2) is 13.6 Å². The molecule has 6 nitrogen and oxygen atoms in total. The van der Waals surface area contributed by atoms with E-state index in [9.17, 15) is 13.5 Å². The van der Waals surface area contributed by atoms with Crippen molar-refractivity contribution in [3.8, 4) is 16.5 Å². The number of rotatable bonds is 5. The second-order valence-electron chi connectivity index (χ2n) is 6.62. The van der Waals surface area contributed by atoms with Crippen LogP contribution in [0.15, 0.2) is 36.4 Å². The molecule has 0 bridgehead atoms. The molecule has 3 rings (SSSR count). The Balaban J connectivity index is 1.83. The van der Waals surface area contributed by atoms with E-state index in [1.807, 2.05) is 30.3 Å². The monoisotopic (exact) mass is 392 g/mol. The molecule has 1 aromatic carbocycles. The zero-order valence-electron chi connectivity index (χ0n) is 14.3. The van der Waals surface area contributed by atoms with Crippen LogP contribution >= 0.6 is 11.3 Å².